The Morgan fingerprint density at radius 2 is 2.09 bits per heavy atom. The molecule has 0 bridgehead atoms. The van der Waals surface area contributed by atoms with Gasteiger partial charge in [0.25, 0.3) is 0 Å². The van der Waals surface area contributed by atoms with Crippen LogP contribution in [0.3, 0.4) is 0 Å². The molecule has 3 N–H and O–H groups in total. The van der Waals surface area contributed by atoms with E-state index in [1.54, 1.807) is 18.2 Å². The number of hydrogen-bond donors (Lipinski definition) is 2. The second-order valence-electron chi connectivity index (χ2n) is 5.04. The minimum absolute atomic E-state index is 0.0162. The number of nitrogens with two attached hydrogens (primary N) is 1. The smallest absolute Gasteiger partial charge is 0.205 e. The van der Waals surface area contributed by atoms with Gasteiger partial charge in [-0.3, -0.25) is 0 Å². The summed E-state index contributed by atoms with van der Waals surface area (Å²) >= 11 is 6.20. The Morgan fingerprint density at radius 3 is 2.74 bits per heavy atom. The molecule has 2 aromatic rings. The van der Waals surface area contributed by atoms with Crippen LogP contribution in [0.5, 0.6) is 17.2 Å². The lowest BCUT2D eigenvalue weighted by molar-refractivity contribution is 0.388. The van der Waals surface area contributed by atoms with Crippen molar-refractivity contribution in [3.63, 3.8) is 0 Å². The molecule has 1 heterocycles. The lowest BCUT2D eigenvalue weighted by atomic mass is 9.83. The molecule has 116 valence electrons. The van der Waals surface area contributed by atoms with Gasteiger partial charge in [-0.15, -0.1) is 0 Å². The lowest BCUT2D eigenvalue weighted by Crippen LogP contribution is -2.21. The highest BCUT2D eigenvalue weighted by Gasteiger charge is 2.31. The van der Waals surface area contributed by atoms with Crippen molar-refractivity contribution in [2.45, 2.75) is 5.92 Å². The van der Waals surface area contributed by atoms with E-state index in [2.05, 4.69) is 6.07 Å². The number of hydrogen-bond acceptors (Lipinski definition) is 5. The molecular formula is C17H13ClN2O3. The van der Waals surface area contributed by atoms with Crippen molar-refractivity contribution in [1.82, 2.24) is 0 Å². The molecule has 0 fully saturated rings. The number of phenols is 1. The molecule has 0 saturated heterocycles. The van der Waals surface area contributed by atoms with Crippen LogP contribution in [0.15, 0.2) is 47.9 Å². The van der Waals surface area contributed by atoms with E-state index in [0.29, 0.717) is 22.1 Å². The molecule has 0 amide bonds. The van der Waals surface area contributed by atoms with Gasteiger partial charge in [-0.1, -0.05) is 23.7 Å². The van der Waals surface area contributed by atoms with Gasteiger partial charge in [0.05, 0.1) is 18.1 Å². The fraction of sp³-hybridized carbons (Fsp3) is 0.118. The van der Waals surface area contributed by atoms with Gasteiger partial charge >= 0.3 is 0 Å². The number of halogens is 1. The summed E-state index contributed by atoms with van der Waals surface area (Å²) < 4.78 is 10.6. The van der Waals surface area contributed by atoms with E-state index < -0.39 is 5.92 Å². The molecule has 0 saturated carbocycles. The molecule has 23 heavy (non-hydrogen) atoms. The third-order valence-electron chi connectivity index (χ3n) is 3.71. The van der Waals surface area contributed by atoms with E-state index in [0.717, 1.165) is 11.1 Å². The summed E-state index contributed by atoms with van der Waals surface area (Å²) in [7, 11) is 1.53. The molecule has 1 aliphatic rings. The molecule has 1 aliphatic heterocycles. The van der Waals surface area contributed by atoms with Crippen molar-refractivity contribution in [2.24, 2.45) is 5.73 Å². The average molecular weight is 329 g/mol. The van der Waals surface area contributed by atoms with Crippen LogP contribution in [0.2, 0.25) is 5.02 Å². The fourth-order valence-corrected chi connectivity index (χ4v) is 2.92. The molecule has 6 heteroatoms. The Labute approximate surface area is 138 Å². The van der Waals surface area contributed by atoms with Gasteiger partial charge in [0.2, 0.25) is 5.88 Å². The van der Waals surface area contributed by atoms with Gasteiger partial charge in [-0.2, -0.15) is 5.26 Å². The largest absolute Gasteiger partial charge is 0.508 e. The maximum absolute atomic E-state index is 9.63. The number of fused-ring (bicyclic) bond motifs is 1. The first-order chi connectivity index (χ1) is 11.0. The second kappa shape index (κ2) is 5.75. The summed E-state index contributed by atoms with van der Waals surface area (Å²) in [4.78, 5) is 0. The Hall–Kier alpha value is -2.84. The van der Waals surface area contributed by atoms with Crippen molar-refractivity contribution in [3.8, 4) is 23.3 Å². The summed E-state index contributed by atoms with van der Waals surface area (Å²) in [5, 5.41) is 19.5. The quantitative estimate of drug-likeness (QED) is 0.883. The van der Waals surface area contributed by atoms with Crippen molar-refractivity contribution in [1.29, 1.82) is 5.26 Å². The van der Waals surface area contributed by atoms with Gasteiger partial charge in [0.15, 0.2) is 0 Å². The number of ether oxygens (including phenoxy) is 2. The number of methoxy groups -OCH3 is 1. The van der Waals surface area contributed by atoms with Crippen LogP contribution < -0.4 is 15.2 Å². The highest BCUT2D eigenvalue weighted by Crippen LogP contribution is 2.44. The standard InChI is InChI=1S/C17H13ClN2O3/c1-22-14-5-2-9(6-13(14)18)16-11-4-3-10(21)7-15(11)23-17(20)12(16)8-19/h2-7,16,21H,20H2,1H3. The molecule has 1 atom stereocenters. The SMILES string of the molecule is COc1ccc(C2C(C#N)=C(N)Oc3cc(O)ccc32)cc1Cl. The number of allylic oxidation sites excluding steroid dienone is 1. The Morgan fingerprint density at radius 1 is 1.30 bits per heavy atom. The molecule has 0 aliphatic carbocycles. The van der Waals surface area contributed by atoms with Crippen molar-refractivity contribution < 1.29 is 14.6 Å². The number of nitrogens with zero attached hydrogens (tertiary/aromatic N) is 1. The Bertz CT molecular complexity index is 855. The molecule has 0 spiro atoms. The maximum Gasteiger partial charge on any atom is 0.205 e. The maximum atomic E-state index is 9.63. The van der Waals surface area contributed by atoms with Crippen molar-refractivity contribution in [3.05, 3.63) is 64.0 Å². The average Bonchev–Trinajstić information content (AvgIpc) is 2.53. The van der Waals surface area contributed by atoms with Gasteiger partial charge in [-0.25, -0.2) is 0 Å². The summed E-state index contributed by atoms with van der Waals surface area (Å²) in [5.41, 5.74) is 7.68. The minimum Gasteiger partial charge on any atom is -0.508 e. The summed E-state index contributed by atoms with van der Waals surface area (Å²) in [6.45, 7) is 0. The molecule has 2 aromatic carbocycles. The van der Waals surface area contributed by atoms with E-state index in [-0.39, 0.29) is 11.6 Å². The van der Waals surface area contributed by atoms with E-state index in [1.165, 1.54) is 19.2 Å². The summed E-state index contributed by atoms with van der Waals surface area (Å²) in [5.74, 6) is 0.612. The van der Waals surface area contributed by atoms with Gasteiger partial charge in [-0.05, 0) is 23.8 Å². The van der Waals surface area contributed by atoms with E-state index >= 15 is 0 Å². The molecule has 0 aromatic heterocycles. The van der Waals surface area contributed by atoms with Gasteiger partial charge < -0.3 is 20.3 Å². The zero-order chi connectivity index (χ0) is 16.6. The zero-order valence-corrected chi connectivity index (χ0v) is 13.0. The molecule has 3 rings (SSSR count). The first-order valence-corrected chi connectivity index (χ1v) is 7.17. The fourth-order valence-electron chi connectivity index (χ4n) is 2.65. The second-order valence-corrected chi connectivity index (χ2v) is 5.45. The monoisotopic (exact) mass is 328 g/mol. The third-order valence-corrected chi connectivity index (χ3v) is 4.01. The number of nitriles is 1. The predicted molar refractivity (Wildman–Crippen MR) is 85.4 cm³/mol. The number of benzene rings is 2. The van der Waals surface area contributed by atoms with Crippen molar-refractivity contribution in [2.75, 3.05) is 7.11 Å². The Balaban J connectivity index is 2.20. The van der Waals surface area contributed by atoms with Crippen LogP contribution in [0.1, 0.15) is 17.0 Å². The molecule has 0 radical (unpaired) electrons. The Kier molecular flexibility index (Phi) is 3.77. The van der Waals surface area contributed by atoms with Crippen LogP contribution >= 0.6 is 11.6 Å². The molecular weight excluding hydrogens is 316 g/mol. The normalized spacial score (nSPS) is 16.3. The van der Waals surface area contributed by atoms with E-state index in [1.807, 2.05) is 6.07 Å². The van der Waals surface area contributed by atoms with E-state index in [4.69, 9.17) is 26.8 Å². The van der Waals surface area contributed by atoms with Crippen molar-refractivity contribution >= 4 is 11.6 Å². The van der Waals surface area contributed by atoms with Gasteiger partial charge in [0.1, 0.15) is 28.9 Å². The predicted octanol–water partition coefficient (Wildman–Crippen LogP) is 3.27. The number of phenolic OH excluding ortho intramolecular Hbond substituents is 1. The third kappa shape index (κ3) is 2.54. The summed E-state index contributed by atoms with van der Waals surface area (Å²) in [6.07, 6.45) is 0. The van der Waals surface area contributed by atoms with Crippen LogP contribution in [-0.4, -0.2) is 12.2 Å². The highest BCUT2D eigenvalue weighted by atomic mass is 35.5. The van der Waals surface area contributed by atoms with Crippen LogP contribution in [0.25, 0.3) is 0 Å². The topological polar surface area (TPSA) is 88.5 Å². The van der Waals surface area contributed by atoms with E-state index in [9.17, 15) is 10.4 Å². The minimum atomic E-state index is -0.423. The van der Waals surface area contributed by atoms with Crippen LogP contribution in [0, 0.1) is 11.3 Å². The first kappa shape index (κ1) is 15.1. The lowest BCUT2D eigenvalue weighted by Gasteiger charge is -2.26. The molecule has 1 unspecified atom stereocenters. The zero-order valence-electron chi connectivity index (χ0n) is 12.2. The molecule has 5 nitrogen and oxygen atoms in total. The highest BCUT2D eigenvalue weighted by molar-refractivity contribution is 6.32. The first-order valence-electron chi connectivity index (χ1n) is 6.79. The van der Waals surface area contributed by atoms with Gasteiger partial charge in [0, 0.05) is 11.6 Å². The summed E-state index contributed by atoms with van der Waals surface area (Å²) in [6, 6.07) is 12.1. The number of aromatic hydroxyl groups is 1. The van der Waals surface area contributed by atoms with Crippen LogP contribution in [0.4, 0.5) is 0 Å². The van der Waals surface area contributed by atoms with Crippen LogP contribution in [-0.2, 0) is 0 Å². The number of rotatable bonds is 2.